The molecule has 1 aliphatic carbocycles. The topological polar surface area (TPSA) is 77.2 Å². The second kappa shape index (κ2) is 7.39. The molecule has 4 nitrogen and oxygen atoms in total. The Balaban J connectivity index is 1.95. The van der Waals surface area contributed by atoms with Crippen LogP contribution in [-0.4, -0.2) is 17.3 Å². The van der Waals surface area contributed by atoms with E-state index >= 15 is 0 Å². The van der Waals surface area contributed by atoms with Crippen LogP contribution < -0.4 is 5.73 Å². The number of nitrogen functional groups attached to an aromatic ring is 1. The smallest absolute Gasteiger partial charge is 0.185 e. The van der Waals surface area contributed by atoms with Crippen LogP contribution in [0.5, 0.6) is 0 Å². The molecule has 0 spiro atoms. The van der Waals surface area contributed by atoms with Gasteiger partial charge < -0.3 is 5.73 Å². The van der Waals surface area contributed by atoms with Crippen molar-refractivity contribution in [3.63, 3.8) is 0 Å². The summed E-state index contributed by atoms with van der Waals surface area (Å²) in [6, 6.07) is 7.32. The van der Waals surface area contributed by atoms with Crippen molar-refractivity contribution in [3.8, 4) is 0 Å². The van der Waals surface area contributed by atoms with Crippen molar-refractivity contribution >= 4 is 23.0 Å². The van der Waals surface area contributed by atoms with Crippen molar-refractivity contribution in [2.45, 2.75) is 46.5 Å². The number of ketones is 3. The van der Waals surface area contributed by atoms with Gasteiger partial charge in [0.25, 0.3) is 0 Å². The highest BCUT2D eigenvalue weighted by Gasteiger charge is 2.27. The van der Waals surface area contributed by atoms with Crippen LogP contribution in [0.2, 0.25) is 0 Å². The second-order valence-electron chi connectivity index (χ2n) is 6.28. The van der Waals surface area contributed by atoms with Gasteiger partial charge in [-0.2, -0.15) is 0 Å². The summed E-state index contributed by atoms with van der Waals surface area (Å²) >= 11 is 0. The molecule has 0 heterocycles. The van der Waals surface area contributed by atoms with Gasteiger partial charge in [-0.25, -0.2) is 0 Å². The molecular formula is C20H23NO3. The van der Waals surface area contributed by atoms with Crippen molar-refractivity contribution in [3.05, 3.63) is 52.1 Å². The number of hydrogen-bond acceptors (Lipinski definition) is 4. The third kappa shape index (κ3) is 3.70. The summed E-state index contributed by atoms with van der Waals surface area (Å²) in [6.45, 7) is 5.06. The quantitative estimate of drug-likeness (QED) is 0.642. The molecule has 4 heteroatoms. The zero-order valence-corrected chi connectivity index (χ0v) is 14.4. The van der Waals surface area contributed by atoms with Gasteiger partial charge >= 0.3 is 0 Å². The summed E-state index contributed by atoms with van der Waals surface area (Å²) < 4.78 is 0. The lowest BCUT2D eigenvalue weighted by Gasteiger charge is -2.18. The van der Waals surface area contributed by atoms with E-state index in [0.29, 0.717) is 53.7 Å². The lowest BCUT2D eigenvalue weighted by Crippen LogP contribution is -2.20. The molecule has 2 rings (SSSR count). The maximum Gasteiger partial charge on any atom is 0.185 e. The molecule has 0 aliphatic heterocycles. The maximum atomic E-state index is 12.3. The lowest BCUT2D eigenvalue weighted by atomic mass is 9.83. The van der Waals surface area contributed by atoms with Crippen molar-refractivity contribution in [2.75, 3.05) is 5.73 Å². The van der Waals surface area contributed by atoms with E-state index in [2.05, 4.69) is 0 Å². The van der Waals surface area contributed by atoms with E-state index in [1.54, 1.807) is 26.8 Å². The Morgan fingerprint density at radius 2 is 1.58 bits per heavy atom. The van der Waals surface area contributed by atoms with E-state index in [1.807, 2.05) is 18.2 Å². The van der Waals surface area contributed by atoms with Crippen molar-refractivity contribution in [1.82, 2.24) is 0 Å². The number of allylic oxidation sites excluding steroid dienone is 4. The van der Waals surface area contributed by atoms with Crippen LogP contribution in [0, 0.1) is 0 Å². The van der Waals surface area contributed by atoms with Crippen molar-refractivity contribution in [2.24, 2.45) is 0 Å². The SMILES string of the molecule is CC1=C(C)C(=O)C(CCCC(=O)Cc2ccccc2N)=C(C)C1=O. The number of carbonyl (C=O) groups is 3. The van der Waals surface area contributed by atoms with Crippen LogP contribution in [0.15, 0.2) is 46.6 Å². The van der Waals surface area contributed by atoms with Crippen molar-refractivity contribution < 1.29 is 14.4 Å². The summed E-state index contributed by atoms with van der Waals surface area (Å²) in [5, 5.41) is 0. The van der Waals surface area contributed by atoms with Gasteiger partial charge in [0.05, 0.1) is 0 Å². The fraction of sp³-hybridized carbons (Fsp3) is 0.350. The zero-order valence-electron chi connectivity index (χ0n) is 14.4. The molecule has 0 amide bonds. The van der Waals surface area contributed by atoms with Gasteiger partial charge in [-0.1, -0.05) is 18.2 Å². The lowest BCUT2D eigenvalue weighted by molar-refractivity contribution is -0.118. The Labute approximate surface area is 142 Å². The number of para-hydroxylation sites is 1. The number of benzene rings is 1. The third-order valence-electron chi connectivity index (χ3n) is 4.64. The van der Waals surface area contributed by atoms with E-state index in [0.717, 1.165) is 5.56 Å². The molecular weight excluding hydrogens is 302 g/mol. The first-order valence-corrected chi connectivity index (χ1v) is 8.14. The van der Waals surface area contributed by atoms with Gasteiger partial charge in [-0.15, -0.1) is 0 Å². The molecule has 0 atom stereocenters. The van der Waals surface area contributed by atoms with Gasteiger partial charge in [0.15, 0.2) is 11.6 Å². The monoisotopic (exact) mass is 325 g/mol. The van der Waals surface area contributed by atoms with Gasteiger partial charge in [-0.05, 0) is 45.2 Å². The van der Waals surface area contributed by atoms with Crippen LogP contribution in [0.4, 0.5) is 5.69 Å². The molecule has 0 bridgehead atoms. The first-order valence-electron chi connectivity index (χ1n) is 8.14. The molecule has 0 saturated carbocycles. The molecule has 1 aliphatic rings. The predicted octanol–water partition coefficient (Wildman–Crippen LogP) is 3.36. The molecule has 1 aromatic carbocycles. The zero-order chi connectivity index (χ0) is 17.9. The number of hydrogen-bond donors (Lipinski definition) is 1. The van der Waals surface area contributed by atoms with E-state index in [1.165, 1.54) is 0 Å². The number of Topliss-reactive ketones (excluding diaryl/α,β-unsaturated/α-hetero) is 3. The number of anilines is 1. The van der Waals surface area contributed by atoms with Gasteiger partial charge in [-0.3, -0.25) is 14.4 Å². The van der Waals surface area contributed by atoms with Crippen LogP contribution in [0.25, 0.3) is 0 Å². The van der Waals surface area contributed by atoms with E-state index in [4.69, 9.17) is 5.73 Å². The molecule has 0 unspecified atom stereocenters. The van der Waals surface area contributed by atoms with E-state index in [9.17, 15) is 14.4 Å². The van der Waals surface area contributed by atoms with Crippen molar-refractivity contribution in [1.29, 1.82) is 0 Å². The molecule has 0 radical (unpaired) electrons. The molecule has 1 aromatic rings. The molecule has 0 fully saturated rings. The first-order chi connectivity index (χ1) is 11.3. The number of carbonyl (C=O) groups excluding carboxylic acids is 3. The molecule has 126 valence electrons. The fourth-order valence-corrected chi connectivity index (χ4v) is 2.91. The Morgan fingerprint density at radius 1 is 0.958 bits per heavy atom. The van der Waals surface area contributed by atoms with Crippen LogP contribution in [0.1, 0.15) is 45.6 Å². The number of nitrogens with two attached hydrogens (primary N) is 1. The third-order valence-corrected chi connectivity index (χ3v) is 4.64. The van der Waals surface area contributed by atoms with Gasteiger partial charge in [0, 0.05) is 40.8 Å². The average Bonchev–Trinajstić information content (AvgIpc) is 2.56. The van der Waals surface area contributed by atoms with Gasteiger partial charge in [0.2, 0.25) is 0 Å². The molecule has 2 N–H and O–H groups in total. The maximum absolute atomic E-state index is 12.3. The second-order valence-corrected chi connectivity index (χ2v) is 6.28. The molecule has 0 aromatic heterocycles. The Hall–Kier alpha value is -2.49. The van der Waals surface area contributed by atoms with Crippen LogP contribution in [-0.2, 0) is 20.8 Å². The summed E-state index contributed by atoms with van der Waals surface area (Å²) in [5.41, 5.74) is 9.41. The highest BCUT2D eigenvalue weighted by molar-refractivity contribution is 6.24. The predicted molar refractivity (Wildman–Crippen MR) is 94.5 cm³/mol. The minimum absolute atomic E-state index is 0.0644. The molecule has 0 saturated heterocycles. The van der Waals surface area contributed by atoms with Crippen LogP contribution in [0.3, 0.4) is 0 Å². The summed E-state index contributed by atoms with van der Waals surface area (Å²) in [4.78, 5) is 36.6. The van der Waals surface area contributed by atoms with Crippen LogP contribution >= 0.6 is 0 Å². The fourth-order valence-electron chi connectivity index (χ4n) is 2.91. The Kier molecular flexibility index (Phi) is 5.50. The summed E-state index contributed by atoms with van der Waals surface area (Å²) in [5.74, 6) is -0.0426. The molecule has 24 heavy (non-hydrogen) atoms. The Bertz CT molecular complexity index is 769. The standard InChI is InChI=1S/C20H23NO3/c1-12-13(2)20(24)17(14(3)19(12)23)9-6-8-16(22)11-15-7-4-5-10-18(15)21/h4-5,7,10H,6,8-9,11,21H2,1-3H3. The summed E-state index contributed by atoms with van der Waals surface area (Å²) in [7, 11) is 0. The van der Waals surface area contributed by atoms with Gasteiger partial charge in [0.1, 0.15) is 5.78 Å². The average molecular weight is 325 g/mol. The Morgan fingerprint density at radius 3 is 2.25 bits per heavy atom. The van der Waals surface area contributed by atoms with E-state index in [-0.39, 0.29) is 17.3 Å². The minimum atomic E-state index is -0.0654. The highest BCUT2D eigenvalue weighted by Crippen LogP contribution is 2.27. The largest absolute Gasteiger partial charge is 0.398 e. The summed E-state index contributed by atoms with van der Waals surface area (Å²) in [6.07, 6.45) is 1.69. The number of rotatable bonds is 6. The first kappa shape index (κ1) is 17.9. The normalized spacial score (nSPS) is 15.3. The minimum Gasteiger partial charge on any atom is -0.398 e. The van der Waals surface area contributed by atoms with E-state index < -0.39 is 0 Å². The highest BCUT2D eigenvalue weighted by atomic mass is 16.1.